The summed E-state index contributed by atoms with van der Waals surface area (Å²) in [5, 5.41) is 2.93. The first kappa shape index (κ1) is 14.0. The number of carbonyl (C=O) groups is 1. The van der Waals surface area contributed by atoms with Crippen molar-refractivity contribution < 1.29 is 9.53 Å². The van der Waals surface area contributed by atoms with E-state index in [9.17, 15) is 4.79 Å². The Balaban J connectivity index is 2.12. The van der Waals surface area contributed by atoms with Gasteiger partial charge < -0.3 is 20.7 Å². The molecule has 0 aliphatic carbocycles. The standard InChI is InChI=1S/C14H21N3O2/c1-17(2)9-11-5-3-4-6-12(11)16-13(18)14(15)7-8-19-10-14/h3-6H,7-10,15H2,1-2H3,(H,16,18). The summed E-state index contributed by atoms with van der Waals surface area (Å²) in [5.41, 5.74) is 7.05. The number of nitrogens with one attached hydrogen (secondary N) is 1. The molecule has 0 bridgehead atoms. The second-order valence-electron chi connectivity index (χ2n) is 5.31. The van der Waals surface area contributed by atoms with Gasteiger partial charge in [0.2, 0.25) is 5.91 Å². The van der Waals surface area contributed by atoms with Crippen LogP contribution in [0.25, 0.3) is 0 Å². The maximum absolute atomic E-state index is 12.2. The molecular weight excluding hydrogens is 242 g/mol. The molecule has 0 radical (unpaired) electrons. The third-order valence-electron chi connectivity index (χ3n) is 3.26. The first-order chi connectivity index (χ1) is 9.01. The lowest BCUT2D eigenvalue weighted by atomic mass is 9.99. The Bertz CT molecular complexity index is 454. The minimum absolute atomic E-state index is 0.170. The number of para-hydroxylation sites is 1. The molecule has 19 heavy (non-hydrogen) atoms. The molecule has 104 valence electrons. The Labute approximate surface area is 113 Å². The summed E-state index contributed by atoms with van der Waals surface area (Å²) in [7, 11) is 3.99. The summed E-state index contributed by atoms with van der Waals surface area (Å²) in [5.74, 6) is -0.170. The van der Waals surface area contributed by atoms with Crippen LogP contribution in [0.5, 0.6) is 0 Å². The minimum atomic E-state index is -0.898. The number of amides is 1. The van der Waals surface area contributed by atoms with Gasteiger partial charge in [0.15, 0.2) is 0 Å². The van der Waals surface area contributed by atoms with E-state index in [0.717, 1.165) is 17.8 Å². The maximum Gasteiger partial charge on any atom is 0.246 e. The first-order valence-corrected chi connectivity index (χ1v) is 6.42. The second-order valence-corrected chi connectivity index (χ2v) is 5.31. The van der Waals surface area contributed by atoms with Crippen molar-refractivity contribution in [3.63, 3.8) is 0 Å². The molecule has 1 aliphatic heterocycles. The third kappa shape index (κ3) is 3.32. The zero-order valence-corrected chi connectivity index (χ0v) is 11.5. The average Bonchev–Trinajstić information content (AvgIpc) is 2.79. The quantitative estimate of drug-likeness (QED) is 0.843. The van der Waals surface area contributed by atoms with Crippen LogP contribution in [0.15, 0.2) is 24.3 Å². The zero-order chi connectivity index (χ0) is 13.9. The average molecular weight is 263 g/mol. The Morgan fingerprint density at radius 1 is 1.47 bits per heavy atom. The largest absolute Gasteiger partial charge is 0.379 e. The minimum Gasteiger partial charge on any atom is -0.379 e. The first-order valence-electron chi connectivity index (χ1n) is 6.42. The van der Waals surface area contributed by atoms with Crippen molar-refractivity contribution in [2.45, 2.75) is 18.5 Å². The smallest absolute Gasteiger partial charge is 0.246 e. The fourth-order valence-corrected chi connectivity index (χ4v) is 2.13. The number of nitrogens with zero attached hydrogens (tertiary/aromatic N) is 1. The van der Waals surface area contributed by atoms with Gasteiger partial charge in [-0.25, -0.2) is 0 Å². The molecule has 1 aromatic carbocycles. The monoisotopic (exact) mass is 263 g/mol. The highest BCUT2D eigenvalue weighted by atomic mass is 16.5. The van der Waals surface area contributed by atoms with Gasteiger partial charge in [-0.2, -0.15) is 0 Å². The number of benzene rings is 1. The van der Waals surface area contributed by atoms with E-state index in [0.29, 0.717) is 13.0 Å². The van der Waals surface area contributed by atoms with Gasteiger partial charge in [-0.15, -0.1) is 0 Å². The zero-order valence-electron chi connectivity index (χ0n) is 11.5. The molecule has 1 saturated heterocycles. The summed E-state index contributed by atoms with van der Waals surface area (Å²) in [4.78, 5) is 14.3. The van der Waals surface area contributed by atoms with E-state index in [1.54, 1.807) is 0 Å². The lowest BCUT2D eigenvalue weighted by Gasteiger charge is -2.22. The van der Waals surface area contributed by atoms with Crippen LogP contribution in [0.3, 0.4) is 0 Å². The normalized spacial score (nSPS) is 22.7. The van der Waals surface area contributed by atoms with Crippen molar-refractivity contribution in [3.05, 3.63) is 29.8 Å². The highest BCUT2D eigenvalue weighted by Gasteiger charge is 2.38. The van der Waals surface area contributed by atoms with Crippen molar-refractivity contribution in [1.29, 1.82) is 0 Å². The summed E-state index contributed by atoms with van der Waals surface area (Å²) in [6, 6.07) is 7.77. The molecule has 1 aliphatic rings. The van der Waals surface area contributed by atoms with Crippen LogP contribution in [0.2, 0.25) is 0 Å². The predicted molar refractivity (Wildman–Crippen MR) is 74.8 cm³/mol. The lowest BCUT2D eigenvalue weighted by molar-refractivity contribution is -0.121. The number of rotatable bonds is 4. The van der Waals surface area contributed by atoms with Crippen molar-refractivity contribution in [2.75, 3.05) is 32.6 Å². The number of carbonyl (C=O) groups excluding carboxylic acids is 1. The molecule has 1 unspecified atom stereocenters. The molecule has 5 nitrogen and oxygen atoms in total. The van der Waals surface area contributed by atoms with Crippen molar-refractivity contribution in [3.8, 4) is 0 Å². The Hall–Kier alpha value is -1.43. The Morgan fingerprint density at radius 2 is 2.21 bits per heavy atom. The summed E-state index contributed by atoms with van der Waals surface area (Å²) in [6.07, 6.45) is 0.564. The summed E-state index contributed by atoms with van der Waals surface area (Å²) >= 11 is 0. The maximum atomic E-state index is 12.2. The van der Waals surface area contributed by atoms with Gasteiger partial charge >= 0.3 is 0 Å². The van der Waals surface area contributed by atoms with Crippen LogP contribution in [0.1, 0.15) is 12.0 Å². The van der Waals surface area contributed by atoms with Crippen molar-refractivity contribution in [1.82, 2.24) is 4.90 Å². The van der Waals surface area contributed by atoms with Crippen molar-refractivity contribution >= 4 is 11.6 Å². The molecule has 2 rings (SSSR count). The van der Waals surface area contributed by atoms with Crippen molar-refractivity contribution in [2.24, 2.45) is 5.73 Å². The fourth-order valence-electron chi connectivity index (χ4n) is 2.13. The molecule has 1 aromatic rings. The molecule has 1 atom stereocenters. The number of ether oxygens (including phenoxy) is 1. The molecule has 1 heterocycles. The molecule has 0 aromatic heterocycles. The second kappa shape index (κ2) is 5.69. The lowest BCUT2D eigenvalue weighted by Crippen LogP contribution is -2.51. The SMILES string of the molecule is CN(C)Cc1ccccc1NC(=O)C1(N)CCOC1. The van der Waals surface area contributed by atoms with Crippen LogP contribution in [0, 0.1) is 0 Å². The van der Waals surface area contributed by atoms with Gasteiger partial charge in [0.1, 0.15) is 5.54 Å². The van der Waals surface area contributed by atoms with Crippen LogP contribution in [-0.2, 0) is 16.1 Å². The highest BCUT2D eigenvalue weighted by molar-refractivity contribution is 5.98. The summed E-state index contributed by atoms with van der Waals surface area (Å²) in [6.45, 7) is 1.60. The van der Waals surface area contributed by atoms with E-state index in [4.69, 9.17) is 10.5 Å². The molecule has 0 saturated carbocycles. The molecule has 1 fully saturated rings. The third-order valence-corrected chi connectivity index (χ3v) is 3.26. The van der Waals surface area contributed by atoms with E-state index < -0.39 is 5.54 Å². The van der Waals surface area contributed by atoms with Gasteiger partial charge in [-0.1, -0.05) is 18.2 Å². The molecule has 5 heteroatoms. The van der Waals surface area contributed by atoms with Gasteiger partial charge in [0.25, 0.3) is 0 Å². The highest BCUT2D eigenvalue weighted by Crippen LogP contribution is 2.21. The van der Waals surface area contributed by atoms with Gasteiger partial charge in [0.05, 0.1) is 6.61 Å². The fraction of sp³-hybridized carbons (Fsp3) is 0.500. The number of nitrogens with two attached hydrogens (primary N) is 1. The van der Waals surface area contributed by atoms with Crippen LogP contribution in [-0.4, -0.2) is 43.7 Å². The number of hydrogen-bond donors (Lipinski definition) is 2. The van der Waals surface area contributed by atoms with E-state index in [2.05, 4.69) is 10.2 Å². The van der Waals surface area contributed by atoms with E-state index in [1.165, 1.54) is 0 Å². The van der Waals surface area contributed by atoms with E-state index in [1.807, 2.05) is 38.4 Å². The van der Waals surface area contributed by atoms with E-state index >= 15 is 0 Å². The Kier molecular flexibility index (Phi) is 4.19. The number of anilines is 1. The molecule has 1 amide bonds. The van der Waals surface area contributed by atoms with Gasteiger partial charge in [0, 0.05) is 18.8 Å². The van der Waals surface area contributed by atoms with Gasteiger partial charge in [-0.05, 0) is 32.1 Å². The molecular formula is C14H21N3O2. The number of hydrogen-bond acceptors (Lipinski definition) is 4. The molecule has 0 spiro atoms. The Morgan fingerprint density at radius 3 is 2.84 bits per heavy atom. The molecule has 3 N–H and O–H groups in total. The van der Waals surface area contributed by atoms with Crippen LogP contribution < -0.4 is 11.1 Å². The van der Waals surface area contributed by atoms with E-state index in [-0.39, 0.29) is 12.5 Å². The predicted octanol–water partition coefficient (Wildman–Crippen LogP) is 0.805. The van der Waals surface area contributed by atoms with Gasteiger partial charge in [-0.3, -0.25) is 4.79 Å². The summed E-state index contributed by atoms with van der Waals surface area (Å²) < 4.78 is 5.22. The van der Waals surface area contributed by atoms with Crippen LogP contribution >= 0.6 is 0 Å². The van der Waals surface area contributed by atoms with Crippen LogP contribution in [0.4, 0.5) is 5.69 Å². The topological polar surface area (TPSA) is 67.6 Å².